The van der Waals surface area contributed by atoms with E-state index in [2.05, 4.69) is 5.32 Å². The van der Waals surface area contributed by atoms with E-state index in [4.69, 9.17) is 10.5 Å². The number of nitrogens with zero attached hydrogens (tertiary/aromatic N) is 1. The summed E-state index contributed by atoms with van der Waals surface area (Å²) in [7, 11) is 2.90. The van der Waals surface area contributed by atoms with E-state index in [1.54, 1.807) is 25.2 Å². The molecule has 0 aliphatic carbocycles. The van der Waals surface area contributed by atoms with Gasteiger partial charge in [0.05, 0.1) is 19.2 Å². The number of anilines is 2. The van der Waals surface area contributed by atoms with Crippen molar-refractivity contribution in [3.63, 3.8) is 0 Å². The largest absolute Gasteiger partial charge is 0.465 e. The van der Waals surface area contributed by atoms with Crippen LogP contribution in [-0.2, 0) is 9.53 Å². The topological polar surface area (TPSA) is 84.7 Å². The van der Waals surface area contributed by atoms with E-state index >= 15 is 0 Å². The van der Waals surface area contributed by atoms with Gasteiger partial charge in [0.1, 0.15) is 0 Å². The molecule has 20 heavy (non-hydrogen) atoms. The predicted octanol–water partition coefficient (Wildman–Crippen LogP) is 1.02. The number of benzene rings is 1. The molecular weight excluding hydrogens is 258 g/mol. The monoisotopic (exact) mass is 279 g/mol. The summed E-state index contributed by atoms with van der Waals surface area (Å²) >= 11 is 0. The van der Waals surface area contributed by atoms with Crippen LogP contribution in [0.25, 0.3) is 0 Å². The Kier molecular flexibility index (Phi) is 5.83. The molecular formula is C14H21N3O3. The number of nitrogens with two attached hydrogens (primary N) is 1. The van der Waals surface area contributed by atoms with Gasteiger partial charge in [0, 0.05) is 25.0 Å². The zero-order valence-electron chi connectivity index (χ0n) is 12.1. The first-order valence-corrected chi connectivity index (χ1v) is 6.46. The Bertz CT molecular complexity index is 489. The summed E-state index contributed by atoms with van der Waals surface area (Å²) in [5.74, 6) is -0.573. The minimum Gasteiger partial charge on any atom is -0.465 e. The molecule has 6 heteroatoms. The number of rotatable bonds is 6. The highest BCUT2D eigenvalue weighted by atomic mass is 16.5. The Labute approximate surface area is 118 Å². The van der Waals surface area contributed by atoms with E-state index in [-0.39, 0.29) is 12.5 Å². The van der Waals surface area contributed by atoms with Crippen molar-refractivity contribution in [1.29, 1.82) is 0 Å². The number of hydrogen-bond donors (Lipinski definition) is 2. The van der Waals surface area contributed by atoms with E-state index < -0.39 is 5.97 Å². The van der Waals surface area contributed by atoms with Crippen molar-refractivity contribution >= 4 is 23.3 Å². The minimum atomic E-state index is -0.485. The number of nitrogen functional groups attached to an aromatic ring is 1. The molecule has 0 unspecified atom stereocenters. The molecule has 0 aliphatic rings. The van der Waals surface area contributed by atoms with Crippen molar-refractivity contribution in [2.75, 3.05) is 37.9 Å². The summed E-state index contributed by atoms with van der Waals surface area (Å²) in [6, 6.07) is 5.09. The van der Waals surface area contributed by atoms with E-state index in [1.165, 1.54) is 7.11 Å². The lowest BCUT2D eigenvalue weighted by Gasteiger charge is -2.24. The average Bonchev–Trinajstić information content (AvgIpc) is 2.46. The number of carbonyl (C=O) groups is 2. The van der Waals surface area contributed by atoms with Crippen molar-refractivity contribution in [2.45, 2.75) is 13.3 Å². The fourth-order valence-corrected chi connectivity index (χ4v) is 1.85. The van der Waals surface area contributed by atoms with Crippen LogP contribution in [0, 0.1) is 0 Å². The maximum atomic E-state index is 11.6. The summed E-state index contributed by atoms with van der Waals surface area (Å²) in [6.07, 6.45) is 0.884. The van der Waals surface area contributed by atoms with E-state index in [9.17, 15) is 9.59 Å². The Hall–Kier alpha value is -2.24. The van der Waals surface area contributed by atoms with Gasteiger partial charge < -0.3 is 20.7 Å². The lowest BCUT2D eigenvalue weighted by Crippen LogP contribution is -2.36. The van der Waals surface area contributed by atoms with Crippen molar-refractivity contribution in [2.24, 2.45) is 0 Å². The molecule has 0 spiro atoms. The van der Waals surface area contributed by atoms with Crippen molar-refractivity contribution in [3.05, 3.63) is 23.8 Å². The van der Waals surface area contributed by atoms with Gasteiger partial charge in [-0.15, -0.1) is 0 Å². The number of ether oxygens (including phenoxy) is 1. The third-order valence-electron chi connectivity index (χ3n) is 2.91. The summed E-state index contributed by atoms with van der Waals surface area (Å²) in [4.78, 5) is 25.1. The van der Waals surface area contributed by atoms with Gasteiger partial charge in [-0.25, -0.2) is 4.79 Å². The lowest BCUT2D eigenvalue weighted by molar-refractivity contribution is -0.119. The number of hydrogen-bond acceptors (Lipinski definition) is 5. The zero-order chi connectivity index (χ0) is 15.1. The molecule has 0 aromatic heterocycles. The lowest BCUT2D eigenvalue weighted by atomic mass is 10.1. The Morgan fingerprint density at radius 2 is 2.10 bits per heavy atom. The summed E-state index contributed by atoms with van der Waals surface area (Å²) < 4.78 is 4.70. The van der Waals surface area contributed by atoms with Crippen molar-refractivity contribution in [1.82, 2.24) is 5.32 Å². The maximum Gasteiger partial charge on any atom is 0.340 e. The quantitative estimate of drug-likeness (QED) is 0.600. The molecule has 0 aliphatic heterocycles. The molecule has 0 saturated carbocycles. The third kappa shape index (κ3) is 3.88. The van der Waals surface area contributed by atoms with Gasteiger partial charge >= 0.3 is 5.97 Å². The molecule has 0 atom stereocenters. The summed E-state index contributed by atoms with van der Waals surface area (Å²) in [5.41, 5.74) is 7.20. The number of methoxy groups -OCH3 is 1. The fourth-order valence-electron chi connectivity index (χ4n) is 1.85. The minimum absolute atomic E-state index is 0.0881. The van der Waals surface area contributed by atoms with E-state index in [0.717, 1.165) is 12.1 Å². The van der Waals surface area contributed by atoms with Crippen LogP contribution in [0.2, 0.25) is 0 Å². The van der Waals surface area contributed by atoms with Crippen LogP contribution in [0.4, 0.5) is 11.4 Å². The maximum absolute atomic E-state index is 11.6. The van der Waals surface area contributed by atoms with Gasteiger partial charge in [0.2, 0.25) is 5.91 Å². The number of esters is 1. The average molecular weight is 279 g/mol. The highest BCUT2D eigenvalue weighted by molar-refractivity contribution is 5.96. The van der Waals surface area contributed by atoms with Gasteiger partial charge in [-0.1, -0.05) is 6.92 Å². The Morgan fingerprint density at radius 3 is 2.65 bits per heavy atom. The Morgan fingerprint density at radius 1 is 1.40 bits per heavy atom. The van der Waals surface area contributed by atoms with Crippen LogP contribution in [0.3, 0.4) is 0 Å². The molecule has 6 nitrogen and oxygen atoms in total. The normalized spacial score (nSPS) is 9.95. The Balaban J connectivity index is 3.07. The standard InChI is InChI=1S/C14H21N3O3/c1-4-7-17(9-13(18)16-2)10-5-6-12(15)11(8-10)14(19)20-3/h5-6,8H,4,7,9,15H2,1-3H3,(H,16,18). The predicted molar refractivity (Wildman–Crippen MR) is 78.8 cm³/mol. The molecule has 0 radical (unpaired) electrons. The van der Waals surface area contributed by atoms with Gasteiger partial charge in [-0.3, -0.25) is 4.79 Å². The third-order valence-corrected chi connectivity index (χ3v) is 2.91. The molecule has 0 saturated heterocycles. The van der Waals surface area contributed by atoms with Crippen LogP contribution in [-0.4, -0.2) is 39.1 Å². The van der Waals surface area contributed by atoms with Crippen molar-refractivity contribution < 1.29 is 14.3 Å². The highest BCUT2D eigenvalue weighted by Crippen LogP contribution is 2.22. The first-order chi connectivity index (χ1) is 9.53. The van der Waals surface area contributed by atoms with Crippen LogP contribution in [0.5, 0.6) is 0 Å². The highest BCUT2D eigenvalue weighted by Gasteiger charge is 2.15. The van der Waals surface area contributed by atoms with Gasteiger partial charge in [0.25, 0.3) is 0 Å². The van der Waals surface area contributed by atoms with Gasteiger partial charge in [0.15, 0.2) is 0 Å². The van der Waals surface area contributed by atoms with E-state index in [1.807, 2.05) is 11.8 Å². The number of amides is 1. The number of nitrogens with one attached hydrogen (secondary N) is 1. The van der Waals surface area contributed by atoms with Crippen molar-refractivity contribution in [3.8, 4) is 0 Å². The zero-order valence-corrected chi connectivity index (χ0v) is 12.1. The molecule has 1 aromatic carbocycles. The molecule has 110 valence electrons. The summed E-state index contributed by atoms with van der Waals surface area (Å²) in [5, 5.41) is 2.59. The van der Waals surface area contributed by atoms with Crippen LogP contribution < -0.4 is 16.0 Å². The molecule has 0 heterocycles. The second-order valence-corrected chi connectivity index (χ2v) is 4.36. The molecule has 0 bridgehead atoms. The van der Waals surface area contributed by atoms with Crippen LogP contribution in [0.15, 0.2) is 18.2 Å². The molecule has 1 rings (SSSR count). The number of carbonyl (C=O) groups excluding carboxylic acids is 2. The number of likely N-dealkylation sites (N-methyl/N-ethyl adjacent to an activating group) is 1. The second-order valence-electron chi connectivity index (χ2n) is 4.36. The van der Waals surface area contributed by atoms with Crippen LogP contribution in [0.1, 0.15) is 23.7 Å². The van der Waals surface area contributed by atoms with Gasteiger partial charge in [-0.2, -0.15) is 0 Å². The van der Waals surface area contributed by atoms with Gasteiger partial charge in [-0.05, 0) is 24.6 Å². The second kappa shape index (κ2) is 7.37. The molecule has 3 N–H and O–H groups in total. The van der Waals surface area contributed by atoms with Crippen LogP contribution >= 0.6 is 0 Å². The molecule has 0 fully saturated rings. The fraction of sp³-hybridized carbons (Fsp3) is 0.429. The first-order valence-electron chi connectivity index (χ1n) is 6.46. The van der Waals surface area contributed by atoms with E-state index in [0.29, 0.717) is 17.8 Å². The SMILES string of the molecule is CCCN(CC(=O)NC)c1ccc(N)c(C(=O)OC)c1. The molecule has 1 aromatic rings. The first kappa shape index (κ1) is 15.8. The molecule has 1 amide bonds. The summed E-state index contributed by atoms with van der Waals surface area (Å²) in [6.45, 7) is 2.96. The smallest absolute Gasteiger partial charge is 0.340 e.